The van der Waals surface area contributed by atoms with Crippen molar-refractivity contribution in [1.82, 2.24) is 20.4 Å². The number of rotatable bonds is 6. The molecule has 4 aliphatic rings. The van der Waals surface area contributed by atoms with Crippen molar-refractivity contribution < 1.29 is 32.3 Å². The third-order valence-electron chi connectivity index (χ3n) is 6.49. The van der Waals surface area contributed by atoms with E-state index in [1.54, 1.807) is 20.8 Å². The molecule has 1 N–H and O–H groups in total. The van der Waals surface area contributed by atoms with E-state index >= 15 is 4.39 Å². The molecule has 0 spiro atoms. The van der Waals surface area contributed by atoms with E-state index in [0.29, 0.717) is 25.2 Å². The summed E-state index contributed by atoms with van der Waals surface area (Å²) < 4.78 is 44.9. The molecule has 4 fully saturated rings. The van der Waals surface area contributed by atoms with E-state index in [2.05, 4.69) is 15.5 Å². The standard InChI is InChI=1S/C23H25ClF2N4O5/c1-20(2,3)35-19(32)30-11-23(26,12-30)18-29-28-17(34-18)21-8-22(9-21,10-21)27-16(31)7-33-13-4-5-14(24)15(25)6-13/h4-6H,7-12H2,1-3H3,(H,27,31). The number of amides is 2. The fraction of sp³-hybridized carbons (Fsp3) is 0.565. The number of aromatic nitrogens is 2. The molecule has 12 heteroatoms. The molecule has 2 bridgehead atoms. The van der Waals surface area contributed by atoms with Crippen molar-refractivity contribution in [2.75, 3.05) is 19.7 Å². The van der Waals surface area contributed by atoms with Crippen LogP contribution in [0.4, 0.5) is 13.6 Å². The molecule has 3 saturated carbocycles. The molecule has 9 nitrogen and oxygen atoms in total. The number of hydrogen-bond donors (Lipinski definition) is 1. The lowest BCUT2D eigenvalue weighted by atomic mass is 9.39. The third kappa shape index (κ3) is 4.30. The van der Waals surface area contributed by atoms with Crippen LogP contribution in [0.5, 0.6) is 5.75 Å². The molecule has 2 amide bonds. The highest BCUT2D eigenvalue weighted by molar-refractivity contribution is 6.30. The Morgan fingerprint density at radius 2 is 1.86 bits per heavy atom. The topological polar surface area (TPSA) is 107 Å². The summed E-state index contributed by atoms with van der Waals surface area (Å²) in [5, 5.41) is 10.9. The first-order chi connectivity index (χ1) is 16.3. The van der Waals surface area contributed by atoms with Crippen LogP contribution in [-0.4, -0.2) is 57.9 Å². The van der Waals surface area contributed by atoms with Crippen LogP contribution >= 0.6 is 11.6 Å². The van der Waals surface area contributed by atoms with Gasteiger partial charge < -0.3 is 24.1 Å². The molecular weight excluding hydrogens is 486 g/mol. The fourth-order valence-electron chi connectivity index (χ4n) is 4.96. The van der Waals surface area contributed by atoms with Crippen LogP contribution in [-0.2, 0) is 20.6 Å². The number of carbonyl (C=O) groups is 2. The van der Waals surface area contributed by atoms with Gasteiger partial charge in [-0.2, -0.15) is 0 Å². The van der Waals surface area contributed by atoms with Crippen molar-refractivity contribution in [1.29, 1.82) is 0 Å². The molecule has 1 aromatic heterocycles. The predicted molar refractivity (Wildman–Crippen MR) is 118 cm³/mol. The summed E-state index contributed by atoms with van der Waals surface area (Å²) in [6.07, 6.45) is 1.18. The Morgan fingerprint density at radius 3 is 2.49 bits per heavy atom. The monoisotopic (exact) mass is 510 g/mol. The highest BCUT2D eigenvalue weighted by Gasteiger charge is 2.72. The van der Waals surface area contributed by atoms with Gasteiger partial charge in [0.25, 0.3) is 11.8 Å². The number of carbonyl (C=O) groups excluding carboxylic acids is 2. The number of halogens is 3. The molecule has 0 atom stereocenters. The Hall–Kier alpha value is -2.95. The van der Waals surface area contributed by atoms with Crippen LogP contribution in [0.15, 0.2) is 22.6 Å². The number of ether oxygens (including phenoxy) is 2. The zero-order chi connectivity index (χ0) is 25.2. The van der Waals surface area contributed by atoms with E-state index < -0.39 is 28.7 Å². The van der Waals surface area contributed by atoms with Crippen LogP contribution in [0.2, 0.25) is 5.02 Å². The van der Waals surface area contributed by atoms with E-state index in [1.807, 2.05) is 0 Å². The third-order valence-corrected chi connectivity index (χ3v) is 6.80. The number of benzene rings is 1. The maximum absolute atomic E-state index is 15.2. The van der Waals surface area contributed by atoms with Gasteiger partial charge >= 0.3 is 6.09 Å². The van der Waals surface area contributed by atoms with Gasteiger partial charge in [0.15, 0.2) is 6.61 Å². The zero-order valence-electron chi connectivity index (χ0n) is 19.5. The minimum atomic E-state index is -1.91. The lowest BCUT2D eigenvalue weighted by Crippen LogP contribution is -2.77. The molecule has 188 valence electrons. The van der Waals surface area contributed by atoms with Crippen molar-refractivity contribution in [2.45, 2.75) is 62.3 Å². The normalized spacial score (nSPS) is 26.2. The number of hydrogen-bond acceptors (Lipinski definition) is 7. The Labute approximate surface area is 205 Å². The van der Waals surface area contributed by atoms with E-state index in [0.717, 1.165) is 6.07 Å². The maximum Gasteiger partial charge on any atom is 0.410 e. The molecule has 1 aliphatic heterocycles. The van der Waals surface area contributed by atoms with E-state index in [1.165, 1.54) is 17.0 Å². The van der Waals surface area contributed by atoms with Crippen LogP contribution in [0.3, 0.4) is 0 Å². The van der Waals surface area contributed by atoms with Crippen LogP contribution in [0.1, 0.15) is 51.8 Å². The predicted octanol–water partition coefficient (Wildman–Crippen LogP) is 3.65. The molecule has 1 aromatic carbocycles. The first kappa shape index (κ1) is 23.8. The van der Waals surface area contributed by atoms with E-state index in [-0.39, 0.29) is 47.7 Å². The van der Waals surface area contributed by atoms with Gasteiger partial charge in [0, 0.05) is 11.6 Å². The molecule has 2 heterocycles. The Morgan fingerprint density at radius 1 is 1.20 bits per heavy atom. The van der Waals surface area contributed by atoms with Gasteiger partial charge in [-0.1, -0.05) is 11.6 Å². The number of alkyl halides is 1. The second-order valence-electron chi connectivity index (χ2n) is 10.7. The molecule has 6 rings (SSSR count). The summed E-state index contributed by atoms with van der Waals surface area (Å²) >= 11 is 5.63. The van der Waals surface area contributed by atoms with E-state index in [9.17, 15) is 14.0 Å². The second kappa shape index (κ2) is 7.78. The molecule has 0 radical (unpaired) electrons. The van der Waals surface area contributed by atoms with Crippen molar-refractivity contribution in [3.8, 4) is 5.75 Å². The average Bonchev–Trinajstić information content (AvgIpc) is 3.17. The van der Waals surface area contributed by atoms with Gasteiger partial charge in [0.2, 0.25) is 11.6 Å². The zero-order valence-corrected chi connectivity index (χ0v) is 20.2. The summed E-state index contributed by atoms with van der Waals surface area (Å²) in [5.41, 5.74) is -3.35. The van der Waals surface area contributed by atoms with Crippen LogP contribution in [0.25, 0.3) is 0 Å². The molecule has 0 unspecified atom stereocenters. The van der Waals surface area contributed by atoms with Crippen molar-refractivity contribution in [3.63, 3.8) is 0 Å². The number of nitrogens with zero attached hydrogens (tertiary/aromatic N) is 3. The first-order valence-corrected chi connectivity index (χ1v) is 11.6. The van der Waals surface area contributed by atoms with Gasteiger partial charge in [-0.05, 0) is 52.2 Å². The second-order valence-corrected chi connectivity index (χ2v) is 11.1. The lowest BCUT2D eigenvalue weighted by Gasteiger charge is -2.68. The molecule has 1 saturated heterocycles. The SMILES string of the molecule is CC(C)(C)OC(=O)N1CC(F)(c2nnc(C34CC(NC(=O)COc5ccc(Cl)c(F)c5)(C3)C4)o2)C1. The molecule has 3 aliphatic carbocycles. The van der Waals surface area contributed by atoms with Gasteiger partial charge in [0.1, 0.15) is 17.2 Å². The van der Waals surface area contributed by atoms with Crippen molar-refractivity contribution in [2.24, 2.45) is 0 Å². The largest absolute Gasteiger partial charge is 0.484 e. The van der Waals surface area contributed by atoms with Crippen molar-refractivity contribution in [3.05, 3.63) is 40.8 Å². The summed E-state index contributed by atoms with van der Waals surface area (Å²) in [7, 11) is 0. The molecule has 35 heavy (non-hydrogen) atoms. The summed E-state index contributed by atoms with van der Waals surface area (Å²) in [6.45, 7) is 4.53. The minimum Gasteiger partial charge on any atom is -0.484 e. The Balaban J connectivity index is 1.11. The molecular formula is C23H25ClF2N4O5. The van der Waals surface area contributed by atoms with Crippen LogP contribution < -0.4 is 10.1 Å². The first-order valence-electron chi connectivity index (χ1n) is 11.2. The van der Waals surface area contributed by atoms with E-state index in [4.69, 9.17) is 25.5 Å². The number of nitrogens with one attached hydrogen (secondary N) is 1. The van der Waals surface area contributed by atoms with Crippen LogP contribution in [0, 0.1) is 5.82 Å². The highest BCUT2D eigenvalue weighted by Crippen LogP contribution is 2.67. The quantitative estimate of drug-likeness (QED) is 0.632. The number of likely N-dealkylation sites (tertiary alicyclic amines) is 1. The highest BCUT2D eigenvalue weighted by atomic mass is 35.5. The van der Waals surface area contributed by atoms with Crippen molar-refractivity contribution >= 4 is 23.6 Å². The maximum atomic E-state index is 15.2. The summed E-state index contributed by atoms with van der Waals surface area (Å²) in [5.74, 6) is -0.572. The Bertz CT molecular complexity index is 1170. The minimum absolute atomic E-state index is 0.0264. The van der Waals surface area contributed by atoms with Gasteiger partial charge in [-0.3, -0.25) is 4.79 Å². The average molecular weight is 511 g/mol. The lowest BCUT2D eigenvalue weighted by molar-refractivity contribution is -0.143. The summed E-state index contributed by atoms with van der Waals surface area (Å²) in [4.78, 5) is 25.6. The fourth-order valence-corrected chi connectivity index (χ4v) is 5.08. The van der Waals surface area contributed by atoms with Gasteiger partial charge in [0.05, 0.1) is 23.5 Å². The van der Waals surface area contributed by atoms with Gasteiger partial charge in [-0.25, -0.2) is 13.6 Å². The smallest absolute Gasteiger partial charge is 0.410 e. The molecule has 2 aromatic rings. The van der Waals surface area contributed by atoms with Gasteiger partial charge in [-0.15, -0.1) is 10.2 Å². The Kier molecular flexibility index (Phi) is 5.28. The summed E-state index contributed by atoms with van der Waals surface area (Å²) in [6, 6.07) is 3.95.